The molecule has 1 unspecified atom stereocenters. The van der Waals surface area contributed by atoms with E-state index in [-0.39, 0.29) is 0 Å². The number of unbranched alkanes of at least 4 members (excludes halogenated alkanes) is 2. The van der Waals surface area contributed by atoms with Crippen molar-refractivity contribution in [3.05, 3.63) is 10.6 Å². The SMILES string of the molecule is CCCCN(CCCC)c1nc(C(C)CC)c(CN)s1. The molecule has 0 aromatic carbocycles. The van der Waals surface area contributed by atoms with E-state index in [1.54, 1.807) is 11.3 Å². The number of thiazole rings is 1. The second-order valence-electron chi connectivity index (χ2n) is 5.51. The molecule has 0 bridgehead atoms. The van der Waals surface area contributed by atoms with E-state index in [0.717, 1.165) is 19.5 Å². The van der Waals surface area contributed by atoms with E-state index in [2.05, 4.69) is 32.6 Å². The van der Waals surface area contributed by atoms with Crippen LogP contribution in [-0.4, -0.2) is 18.1 Å². The highest BCUT2D eigenvalue weighted by molar-refractivity contribution is 7.15. The summed E-state index contributed by atoms with van der Waals surface area (Å²) in [6.45, 7) is 11.8. The molecular weight excluding hydrogens is 266 g/mol. The molecule has 1 aromatic rings. The van der Waals surface area contributed by atoms with Crippen molar-refractivity contribution in [2.24, 2.45) is 5.73 Å². The van der Waals surface area contributed by atoms with Gasteiger partial charge in [0.25, 0.3) is 0 Å². The van der Waals surface area contributed by atoms with Gasteiger partial charge >= 0.3 is 0 Å². The molecule has 4 heteroatoms. The number of hydrogen-bond acceptors (Lipinski definition) is 4. The summed E-state index contributed by atoms with van der Waals surface area (Å²) in [7, 11) is 0. The molecule has 0 spiro atoms. The molecule has 0 aliphatic rings. The van der Waals surface area contributed by atoms with Gasteiger partial charge in [-0.05, 0) is 25.2 Å². The van der Waals surface area contributed by atoms with Crippen LogP contribution in [0.5, 0.6) is 0 Å². The molecule has 3 nitrogen and oxygen atoms in total. The maximum absolute atomic E-state index is 5.91. The van der Waals surface area contributed by atoms with Crippen molar-refractivity contribution in [1.82, 2.24) is 4.98 Å². The molecule has 1 heterocycles. The van der Waals surface area contributed by atoms with Crippen LogP contribution in [0.4, 0.5) is 5.13 Å². The van der Waals surface area contributed by atoms with Crippen LogP contribution in [0.15, 0.2) is 0 Å². The molecule has 1 aromatic heterocycles. The summed E-state index contributed by atoms with van der Waals surface area (Å²) in [5.41, 5.74) is 7.14. The van der Waals surface area contributed by atoms with Crippen LogP contribution < -0.4 is 10.6 Å². The van der Waals surface area contributed by atoms with Crippen molar-refractivity contribution >= 4 is 16.5 Å². The number of hydrogen-bond donors (Lipinski definition) is 1. The van der Waals surface area contributed by atoms with E-state index in [4.69, 9.17) is 10.7 Å². The fourth-order valence-electron chi connectivity index (χ4n) is 2.21. The van der Waals surface area contributed by atoms with E-state index < -0.39 is 0 Å². The molecule has 0 aliphatic carbocycles. The Morgan fingerprint density at radius 1 is 1.15 bits per heavy atom. The molecule has 0 radical (unpaired) electrons. The maximum Gasteiger partial charge on any atom is 0.185 e. The van der Waals surface area contributed by atoms with Crippen molar-refractivity contribution in [3.63, 3.8) is 0 Å². The normalized spacial score (nSPS) is 12.7. The van der Waals surface area contributed by atoms with Crippen molar-refractivity contribution in [2.75, 3.05) is 18.0 Å². The number of nitrogens with two attached hydrogens (primary N) is 1. The van der Waals surface area contributed by atoms with Gasteiger partial charge in [0.1, 0.15) is 0 Å². The van der Waals surface area contributed by atoms with Crippen molar-refractivity contribution in [3.8, 4) is 0 Å². The molecule has 1 rings (SSSR count). The number of aromatic nitrogens is 1. The lowest BCUT2D eigenvalue weighted by Crippen LogP contribution is -2.25. The van der Waals surface area contributed by atoms with Gasteiger partial charge in [0.2, 0.25) is 0 Å². The maximum atomic E-state index is 5.91. The van der Waals surface area contributed by atoms with Crippen molar-refractivity contribution in [2.45, 2.75) is 72.3 Å². The smallest absolute Gasteiger partial charge is 0.185 e. The van der Waals surface area contributed by atoms with Crippen molar-refractivity contribution < 1.29 is 0 Å². The van der Waals surface area contributed by atoms with Gasteiger partial charge in [-0.15, -0.1) is 11.3 Å². The summed E-state index contributed by atoms with van der Waals surface area (Å²) in [5, 5.41) is 1.18. The van der Waals surface area contributed by atoms with Gasteiger partial charge in [0, 0.05) is 24.5 Å². The lowest BCUT2D eigenvalue weighted by Gasteiger charge is -2.21. The fourth-order valence-corrected chi connectivity index (χ4v) is 3.32. The Labute approximate surface area is 128 Å². The zero-order valence-corrected chi connectivity index (χ0v) is 14.4. The third-order valence-corrected chi connectivity index (χ3v) is 4.97. The Balaban J connectivity index is 2.91. The monoisotopic (exact) mass is 297 g/mol. The summed E-state index contributed by atoms with van der Waals surface area (Å²) in [4.78, 5) is 8.65. The lowest BCUT2D eigenvalue weighted by molar-refractivity contribution is 0.667. The fraction of sp³-hybridized carbons (Fsp3) is 0.812. The topological polar surface area (TPSA) is 42.2 Å². The van der Waals surface area contributed by atoms with Crippen LogP contribution in [0, 0.1) is 0 Å². The van der Waals surface area contributed by atoms with Gasteiger partial charge in [-0.25, -0.2) is 4.98 Å². The highest BCUT2D eigenvalue weighted by Crippen LogP contribution is 2.32. The molecule has 0 amide bonds. The van der Waals surface area contributed by atoms with E-state index in [0.29, 0.717) is 12.5 Å². The number of nitrogens with zero attached hydrogens (tertiary/aromatic N) is 2. The average molecular weight is 298 g/mol. The summed E-state index contributed by atoms with van der Waals surface area (Å²) in [6.07, 6.45) is 6.06. The second kappa shape index (κ2) is 9.35. The van der Waals surface area contributed by atoms with Gasteiger partial charge in [-0.3, -0.25) is 0 Å². The minimum atomic E-state index is 0.512. The van der Waals surface area contributed by atoms with Gasteiger partial charge in [-0.2, -0.15) is 0 Å². The van der Waals surface area contributed by atoms with Gasteiger partial charge < -0.3 is 10.6 Å². The highest BCUT2D eigenvalue weighted by Gasteiger charge is 2.18. The Morgan fingerprint density at radius 2 is 1.75 bits per heavy atom. The Hall–Kier alpha value is -0.610. The first kappa shape index (κ1) is 17.4. The van der Waals surface area contributed by atoms with Gasteiger partial charge in [0.15, 0.2) is 5.13 Å². The molecule has 116 valence electrons. The Morgan fingerprint density at radius 3 is 2.20 bits per heavy atom. The number of anilines is 1. The lowest BCUT2D eigenvalue weighted by atomic mass is 10.0. The largest absolute Gasteiger partial charge is 0.348 e. The van der Waals surface area contributed by atoms with Crippen LogP contribution in [0.2, 0.25) is 0 Å². The van der Waals surface area contributed by atoms with E-state index in [1.165, 1.54) is 41.4 Å². The van der Waals surface area contributed by atoms with Crippen LogP contribution >= 0.6 is 11.3 Å². The van der Waals surface area contributed by atoms with Gasteiger partial charge in [0.05, 0.1) is 5.69 Å². The first-order chi connectivity index (χ1) is 9.67. The van der Waals surface area contributed by atoms with Crippen LogP contribution in [0.3, 0.4) is 0 Å². The van der Waals surface area contributed by atoms with E-state index >= 15 is 0 Å². The second-order valence-corrected chi connectivity index (χ2v) is 6.57. The summed E-state index contributed by atoms with van der Waals surface area (Å²) in [6, 6.07) is 0. The standard InChI is InChI=1S/C16H31N3S/c1-5-8-10-19(11-9-6-2)16-18-15(13(4)7-3)14(12-17)20-16/h13H,5-12,17H2,1-4H3. The molecule has 1 atom stereocenters. The van der Waals surface area contributed by atoms with E-state index in [1.807, 2.05) is 0 Å². The molecule has 0 fully saturated rings. The molecule has 20 heavy (non-hydrogen) atoms. The zero-order valence-electron chi connectivity index (χ0n) is 13.6. The van der Waals surface area contributed by atoms with Crippen LogP contribution in [-0.2, 0) is 6.54 Å². The summed E-state index contributed by atoms with van der Waals surface area (Å²) >= 11 is 1.80. The van der Waals surface area contributed by atoms with Crippen molar-refractivity contribution in [1.29, 1.82) is 0 Å². The van der Waals surface area contributed by atoms with Crippen LogP contribution in [0.1, 0.15) is 76.3 Å². The Bertz CT molecular complexity index is 368. The minimum absolute atomic E-state index is 0.512. The third-order valence-electron chi connectivity index (χ3n) is 3.81. The highest BCUT2D eigenvalue weighted by atomic mass is 32.1. The summed E-state index contributed by atoms with van der Waals surface area (Å²) in [5.74, 6) is 0.512. The first-order valence-corrected chi connectivity index (χ1v) is 8.94. The molecule has 0 saturated carbocycles. The third kappa shape index (κ3) is 4.74. The zero-order chi connectivity index (χ0) is 15.0. The quantitative estimate of drug-likeness (QED) is 0.690. The van der Waals surface area contributed by atoms with E-state index in [9.17, 15) is 0 Å². The number of rotatable bonds is 10. The molecular formula is C16H31N3S. The minimum Gasteiger partial charge on any atom is -0.348 e. The van der Waals surface area contributed by atoms with Crippen LogP contribution in [0.25, 0.3) is 0 Å². The predicted molar refractivity (Wildman–Crippen MR) is 90.7 cm³/mol. The first-order valence-electron chi connectivity index (χ1n) is 8.12. The van der Waals surface area contributed by atoms with Gasteiger partial charge in [-0.1, -0.05) is 40.5 Å². The predicted octanol–water partition coefficient (Wildman–Crippen LogP) is 4.52. The Kier molecular flexibility index (Phi) is 8.15. The molecule has 2 N–H and O–H groups in total. The summed E-state index contributed by atoms with van der Waals surface area (Å²) < 4.78 is 0. The molecule has 0 aliphatic heterocycles. The molecule has 0 saturated heterocycles. The average Bonchev–Trinajstić information content (AvgIpc) is 2.90.